The van der Waals surface area contributed by atoms with Crippen molar-refractivity contribution in [3.05, 3.63) is 29.3 Å². The molecule has 1 saturated heterocycles. The van der Waals surface area contributed by atoms with Crippen LogP contribution in [0.2, 0.25) is 0 Å². The van der Waals surface area contributed by atoms with E-state index in [4.69, 9.17) is 14.2 Å². The Morgan fingerprint density at radius 3 is 3.00 bits per heavy atom. The lowest BCUT2D eigenvalue weighted by atomic mass is 9.87. The van der Waals surface area contributed by atoms with E-state index in [0.29, 0.717) is 12.5 Å². The van der Waals surface area contributed by atoms with Gasteiger partial charge in [0.2, 0.25) is 0 Å². The highest BCUT2D eigenvalue weighted by atomic mass is 16.5. The molecule has 3 unspecified atom stereocenters. The zero-order valence-electron chi connectivity index (χ0n) is 11.9. The lowest BCUT2D eigenvalue weighted by molar-refractivity contribution is -0.0601. The minimum atomic E-state index is -0.559. The summed E-state index contributed by atoms with van der Waals surface area (Å²) in [6, 6.07) is 5.91. The summed E-state index contributed by atoms with van der Waals surface area (Å²) in [5, 5.41) is 10.5. The van der Waals surface area contributed by atoms with Crippen molar-refractivity contribution >= 4 is 0 Å². The van der Waals surface area contributed by atoms with Gasteiger partial charge >= 0.3 is 0 Å². The largest absolute Gasteiger partial charge is 0.497 e. The van der Waals surface area contributed by atoms with Gasteiger partial charge in [0, 0.05) is 12.5 Å². The van der Waals surface area contributed by atoms with Gasteiger partial charge in [0.1, 0.15) is 11.9 Å². The van der Waals surface area contributed by atoms with Crippen molar-refractivity contribution in [1.29, 1.82) is 0 Å². The van der Waals surface area contributed by atoms with E-state index in [1.807, 2.05) is 18.2 Å². The summed E-state index contributed by atoms with van der Waals surface area (Å²) < 4.78 is 16.5. The van der Waals surface area contributed by atoms with Gasteiger partial charge in [-0.05, 0) is 42.5 Å². The minimum absolute atomic E-state index is 0.116. The summed E-state index contributed by atoms with van der Waals surface area (Å²) in [7, 11) is 1.64. The van der Waals surface area contributed by atoms with Crippen LogP contribution in [-0.4, -0.2) is 38.1 Å². The number of aliphatic hydroxyl groups excluding tert-OH is 1. The molecular weight excluding hydrogens is 256 g/mol. The van der Waals surface area contributed by atoms with Gasteiger partial charge < -0.3 is 19.3 Å². The first kappa shape index (κ1) is 13.9. The van der Waals surface area contributed by atoms with Crippen LogP contribution in [0.5, 0.6) is 5.75 Å². The van der Waals surface area contributed by atoms with Gasteiger partial charge in [-0.1, -0.05) is 6.07 Å². The first-order chi connectivity index (χ1) is 9.78. The number of aliphatic hydroxyl groups is 1. The lowest BCUT2D eigenvalue weighted by Gasteiger charge is -2.31. The number of methoxy groups -OCH3 is 1. The van der Waals surface area contributed by atoms with E-state index in [1.165, 1.54) is 5.56 Å². The fraction of sp³-hybridized carbons (Fsp3) is 0.625. The van der Waals surface area contributed by atoms with E-state index < -0.39 is 6.10 Å². The molecule has 1 aliphatic carbocycles. The smallest absolute Gasteiger partial charge is 0.119 e. The highest BCUT2D eigenvalue weighted by Gasteiger charge is 2.30. The minimum Gasteiger partial charge on any atom is -0.497 e. The van der Waals surface area contributed by atoms with Crippen molar-refractivity contribution in [2.24, 2.45) is 5.92 Å². The van der Waals surface area contributed by atoms with Crippen LogP contribution in [0, 0.1) is 5.92 Å². The van der Waals surface area contributed by atoms with Gasteiger partial charge in [-0.3, -0.25) is 0 Å². The molecule has 1 aromatic rings. The van der Waals surface area contributed by atoms with E-state index in [1.54, 1.807) is 7.11 Å². The van der Waals surface area contributed by atoms with Crippen LogP contribution in [0.25, 0.3) is 0 Å². The molecule has 0 bridgehead atoms. The third-order valence-electron chi connectivity index (χ3n) is 4.29. The molecule has 0 aromatic heterocycles. The first-order valence-electron chi connectivity index (χ1n) is 7.32. The monoisotopic (exact) mass is 278 g/mol. The van der Waals surface area contributed by atoms with E-state index in [0.717, 1.165) is 43.8 Å². The molecule has 1 N–H and O–H groups in total. The second-order valence-electron chi connectivity index (χ2n) is 5.65. The van der Waals surface area contributed by atoms with Crippen molar-refractivity contribution in [3.63, 3.8) is 0 Å². The Labute approximate surface area is 119 Å². The molecule has 4 nitrogen and oxygen atoms in total. The Balaban J connectivity index is 1.66. The molecule has 3 atom stereocenters. The summed E-state index contributed by atoms with van der Waals surface area (Å²) in [6.45, 7) is 2.30. The van der Waals surface area contributed by atoms with Gasteiger partial charge in [-0.15, -0.1) is 0 Å². The maximum Gasteiger partial charge on any atom is 0.119 e. The third kappa shape index (κ3) is 2.82. The van der Waals surface area contributed by atoms with Crippen LogP contribution in [-0.2, 0) is 15.9 Å². The number of ether oxygens (including phenoxy) is 3. The average molecular weight is 278 g/mol. The third-order valence-corrected chi connectivity index (χ3v) is 4.29. The van der Waals surface area contributed by atoms with E-state index >= 15 is 0 Å². The van der Waals surface area contributed by atoms with Crippen LogP contribution in [0.1, 0.15) is 30.1 Å². The van der Waals surface area contributed by atoms with Gasteiger partial charge in [0.15, 0.2) is 0 Å². The number of aryl methyl sites for hydroxylation is 1. The molecule has 1 aromatic carbocycles. The van der Waals surface area contributed by atoms with Crippen LogP contribution >= 0.6 is 0 Å². The fourth-order valence-electron chi connectivity index (χ4n) is 3.01. The molecule has 0 saturated carbocycles. The molecule has 1 fully saturated rings. The van der Waals surface area contributed by atoms with Crippen molar-refractivity contribution in [3.8, 4) is 5.75 Å². The molecule has 2 aliphatic rings. The Hall–Kier alpha value is -1.10. The maximum absolute atomic E-state index is 10.5. The van der Waals surface area contributed by atoms with E-state index in [9.17, 15) is 5.11 Å². The predicted octanol–water partition coefficient (Wildman–Crippen LogP) is 2.10. The molecular formula is C16H22O4. The van der Waals surface area contributed by atoms with Crippen molar-refractivity contribution in [2.75, 3.05) is 26.9 Å². The highest BCUT2D eigenvalue weighted by molar-refractivity contribution is 5.39. The number of fused-ring (bicyclic) bond motifs is 1. The second kappa shape index (κ2) is 6.12. The normalized spacial score (nSPS) is 29.2. The Morgan fingerprint density at radius 1 is 1.35 bits per heavy atom. The van der Waals surface area contributed by atoms with Crippen LogP contribution in [0.15, 0.2) is 18.2 Å². The lowest BCUT2D eigenvalue weighted by Crippen LogP contribution is -2.30. The number of hydrogen-bond donors (Lipinski definition) is 1. The summed E-state index contributed by atoms with van der Waals surface area (Å²) >= 11 is 0. The van der Waals surface area contributed by atoms with E-state index in [-0.39, 0.29) is 6.10 Å². The molecule has 1 aliphatic heterocycles. The fourth-order valence-corrected chi connectivity index (χ4v) is 3.01. The second-order valence-corrected chi connectivity index (χ2v) is 5.65. The Morgan fingerprint density at radius 2 is 2.25 bits per heavy atom. The van der Waals surface area contributed by atoms with E-state index in [2.05, 4.69) is 0 Å². The topological polar surface area (TPSA) is 47.9 Å². The summed E-state index contributed by atoms with van der Waals surface area (Å²) in [4.78, 5) is 0. The summed E-state index contributed by atoms with van der Waals surface area (Å²) in [5.41, 5.74) is 2.14. The molecule has 110 valence electrons. The zero-order chi connectivity index (χ0) is 13.9. The zero-order valence-corrected chi connectivity index (χ0v) is 11.9. The summed E-state index contributed by atoms with van der Waals surface area (Å²) in [5.74, 6) is 1.27. The molecule has 0 spiro atoms. The number of rotatable bonds is 4. The molecule has 20 heavy (non-hydrogen) atoms. The first-order valence-corrected chi connectivity index (χ1v) is 7.32. The SMILES string of the molecule is COc1ccc2c(c1)C(O)C(OCC1CCOC1)CC2. The standard InChI is InChI=1S/C16H22O4/c1-18-13-4-2-12-3-5-15(16(17)14(12)8-13)20-10-11-6-7-19-9-11/h2,4,8,11,15-17H,3,5-7,9-10H2,1H3. The average Bonchev–Trinajstić information content (AvgIpc) is 3.00. The number of benzene rings is 1. The van der Waals surface area contributed by atoms with Crippen LogP contribution < -0.4 is 4.74 Å². The Bertz CT molecular complexity index is 454. The van der Waals surface area contributed by atoms with Crippen LogP contribution in [0.3, 0.4) is 0 Å². The number of hydrogen-bond acceptors (Lipinski definition) is 4. The quantitative estimate of drug-likeness (QED) is 0.916. The molecule has 3 rings (SSSR count). The van der Waals surface area contributed by atoms with Gasteiger partial charge in [-0.2, -0.15) is 0 Å². The van der Waals surface area contributed by atoms with Gasteiger partial charge in [-0.25, -0.2) is 0 Å². The van der Waals surface area contributed by atoms with Gasteiger partial charge in [0.05, 0.1) is 26.4 Å². The van der Waals surface area contributed by atoms with Crippen molar-refractivity contribution in [2.45, 2.75) is 31.5 Å². The molecule has 0 amide bonds. The molecule has 1 heterocycles. The Kier molecular flexibility index (Phi) is 4.24. The molecule has 0 radical (unpaired) electrons. The predicted molar refractivity (Wildman–Crippen MR) is 74.9 cm³/mol. The molecule has 4 heteroatoms. The van der Waals surface area contributed by atoms with Crippen molar-refractivity contribution < 1.29 is 19.3 Å². The summed E-state index contributed by atoms with van der Waals surface area (Å²) in [6.07, 6.45) is 2.20. The maximum atomic E-state index is 10.5. The van der Waals surface area contributed by atoms with Crippen LogP contribution in [0.4, 0.5) is 0 Å². The van der Waals surface area contributed by atoms with Gasteiger partial charge in [0.25, 0.3) is 0 Å². The highest BCUT2D eigenvalue weighted by Crippen LogP contribution is 2.34. The van der Waals surface area contributed by atoms with Crippen molar-refractivity contribution in [1.82, 2.24) is 0 Å².